The standard InChI is InChI=1S/C17H22N2O2/c1-4-13-10-14(20)8-9-17(13)21-11-15-12(2)6-5-7-16(15)19(3)18/h5-10,20H,4,11,18H2,1-3H3. The summed E-state index contributed by atoms with van der Waals surface area (Å²) in [6, 6.07) is 11.2. The van der Waals surface area contributed by atoms with Gasteiger partial charge >= 0.3 is 0 Å². The Morgan fingerprint density at radius 3 is 2.67 bits per heavy atom. The average Bonchev–Trinajstić information content (AvgIpc) is 2.46. The molecule has 0 amide bonds. The molecule has 2 rings (SSSR count). The second-order valence-corrected chi connectivity index (χ2v) is 5.12. The van der Waals surface area contributed by atoms with Crippen molar-refractivity contribution >= 4 is 5.69 Å². The molecular weight excluding hydrogens is 264 g/mol. The van der Waals surface area contributed by atoms with Crippen molar-refractivity contribution in [2.75, 3.05) is 12.1 Å². The number of nitrogens with two attached hydrogens (primary N) is 1. The fourth-order valence-electron chi connectivity index (χ4n) is 2.34. The quantitative estimate of drug-likeness (QED) is 0.655. The molecule has 0 aromatic heterocycles. The van der Waals surface area contributed by atoms with Gasteiger partial charge in [-0.3, -0.25) is 0 Å². The van der Waals surface area contributed by atoms with Crippen LogP contribution in [-0.4, -0.2) is 12.2 Å². The van der Waals surface area contributed by atoms with E-state index in [4.69, 9.17) is 10.6 Å². The molecule has 0 aliphatic carbocycles. The zero-order valence-electron chi connectivity index (χ0n) is 12.8. The third kappa shape index (κ3) is 3.47. The van der Waals surface area contributed by atoms with E-state index in [1.807, 2.05) is 39.1 Å². The van der Waals surface area contributed by atoms with Gasteiger partial charge in [-0.15, -0.1) is 0 Å². The topological polar surface area (TPSA) is 58.7 Å². The predicted octanol–water partition coefficient (Wildman–Crippen LogP) is 3.15. The van der Waals surface area contributed by atoms with Crippen LogP contribution in [0.5, 0.6) is 11.5 Å². The van der Waals surface area contributed by atoms with E-state index in [0.717, 1.165) is 34.5 Å². The summed E-state index contributed by atoms with van der Waals surface area (Å²) in [7, 11) is 1.82. The molecule has 4 heteroatoms. The monoisotopic (exact) mass is 286 g/mol. The van der Waals surface area contributed by atoms with Gasteiger partial charge in [0.2, 0.25) is 0 Å². The van der Waals surface area contributed by atoms with Crippen molar-refractivity contribution in [2.24, 2.45) is 5.84 Å². The van der Waals surface area contributed by atoms with Crippen LogP contribution in [0.25, 0.3) is 0 Å². The first-order valence-corrected chi connectivity index (χ1v) is 7.04. The number of aryl methyl sites for hydroxylation is 2. The largest absolute Gasteiger partial charge is 0.508 e. The van der Waals surface area contributed by atoms with Crippen LogP contribution in [0.4, 0.5) is 5.69 Å². The summed E-state index contributed by atoms with van der Waals surface area (Å²) < 4.78 is 5.95. The van der Waals surface area contributed by atoms with E-state index in [1.54, 1.807) is 23.2 Å². The van der Waals surface area contributed by atoms with E-state index in [2.05, 4.69) is 0 Å². The maximum Gasteiger partial charge on any atom is 0.123 e. The van der Waals surface area contributed by atoms with Crippen molar-refractivity contribution in [3.63, 3.8) is 0 Å². The molecule has 0 heterocycles. The number of phenols is 1. The summed E-state index contributed by atoms with van der Waals surface area (Å²) in [5, 5.41) is 11.1. The smallest absolute Gasteiger partial charge is 0.123 e. The van der Waals surface area contributed by atoms with E-state index >= 15 is 0 Å². The highest BCUT2D eigenvalue weighted by Gasteiger charge is 2.10. The second-order valence-electron chi connectivity index (χ2n) is 5.12. The molecule has 0 atom stereocenters. The Kier molecular flexibility index (Phi) is 4.70. The minimum Gasteiger partial charge on any atom is -0.508 e. The van der Waals surface area contributed by atoms with Crippen molar-refractivity contribution in [1.29, 1.82) is 0 Å². The number of hydrogen-bond donors (Lipinski definition) is 2. The number of phenolic OH excluding ortho intramolecular Hbond substituents is 1. The van der Waals surface area contributed by atoms with E-state index in [9.17, 15) is 5.11 Å². The van der Waals surface area contributed by atoms with Crippen molar-refractivity contribution in [2.45, 2.75) is 26.9 Å². The van der Waals surface area contributed by atoms with Gasteiger partial charge in [0, 0.05) is 12.6 Å². The summed E-state index contributed by atoms with van der Waals surface area (Å²) in [5.74, 6) is 6.93. The molecule has 2 aromatic rings. The summed E-state index contributed by atoms with van der Waals surface area (Å²) in [6.45, 7) is 4.53. The molecule has 0 saturated heterocycles. The molecule has 0 fully saturated rings. The minimum absolute atomic E-state index is 0.262. The molecule has 2 aromatic carbocycles. The van der Waals surface area contributed by atoms with Gasteiger partial charge in [0.1, 0.15) is 18.1 Å². The number of aromatic hydroxyl groups is 1. The molecule has 112 valence electrons. The van der Waals surface area contributed by atoms with Crippen LogP contribution in [0.15, 0.2) is 36.4 Å². The van der Waals surface area contributed by atoms with Gasteiger partial charge in [0.25, 0.3) is 0 Å². The van der Waals surface area contributed by atoms with Crippen LogP contribution < -0.4 is 15.6 Å². The van der Waals surface area contributed by atoms with Gasteiger partial charge in [0.05, 0.1) is 5.69 Å². The maximum atomic E-state index is 9.54. The van der Waals surface area contributed by atoms with Crippen LogP contribution in [0.2, 0.25) is 0 Å². The highest BCUT2D eigenvalue weighted by molar-refractivity contribution is 5.55. The Morgan fingerprint density at radius 1 is 1.24 bits per heavy atom. The molecule has 0 spiro atoms. The molecule has 0 radical (unpaired) electrons. The summed E-state index contributed by atoms with van der Waals surface area (Å²) in [5.41, 5.74) is 4.15. The van der Waals surface area contributed by atoms with Crippen molar-refractivity contribution in [3.8, 4) is 11.5 Å². The lowest BCUT2D eigenvalue weighted by Gasteiger charge is -2.20. The molecular formula is C17H22N2O2. The van der Waals surface area contributed by atoms with E-state index in [0.29, 0.717) is 6.61 Å². The van der Waals surface area contributed by atoms with Gasteiger partial charge in [-0.1, -0.05) is 19.1 Å². The first-order valence-electron chi connectivity index (χ1n) is 7.04. The number of ether oxygens (including phenoxy) is 1. The van der Waals surface area contributed by atoms with Crippen LogP contribution in [0, 0.1) is 6.92 Å². The highest BCUT2D eigenvalue weighted by Crippen LogP contribution is 2.27. The highest BCUT2D eigenvalue weighted by atomic mass is 16.5. The number of rotatable bonds is 5. The predicted molar refractivity (Wildman–Crippen MR) is 85.6 cm³/mol. The van der Waals surface area contributed by atoms with Gasteiger partial charge in [0.15, 0.2) is 0 Å². The SMILES string of the molecule is CCc1cc(O)ccc1OCc1c(C)cccc1N(C)N. The first-order chi connectivity index (χ1) is 10.0. The number of anilines is 1. The lowest BCUT2D eigenvalue weighted by atomic mass is 10.1. The first kappa shape index (κ1) is 15.2. The number of benzene rings is 2. The third-order valence-electron chi connectivity index (χ3n) is 3.56. The Hall–Kier alpha value is -2.20. The third-order valence-corrected chi connectivity index (χ3v) is 3.56. The fraction of sp³-hybridized carbons (Fsp3) is 0.294. The molecule has 21 heavy (non-hydrogen) atoms. The Labute approximate surface area is 125 Å². The molecule has 0 saturated carbocycles. The van der Waals surface area contributed by atoms with Gasteiger partial charge < -0.3 is 14.9 Å². The zero-order valence-corrected chi connectivity index (χ0v) is 12.8. The lowest BCUT2D eigenvalue weighted by Crippen LogP contribution is -2.26. The van der Waals surface area contributed by atoms with Crippen LogP contribution in [0.1, 0.15) is 23.6 Å². The van der Waals surface area contributed by atoms with E-state index in [1.165, 1.54) is 0 Å². The van der Waals surface area contributed by atoms with Gasteiger partial charge in [-0.25, -0.2) is 5.84 Å². The fourth-order valence-corrected chi connectivity index (χ4v) is 2.34. The Morgan fingerprint density at radius 2 is 2.00 bits per heavy atom. The van der Waals surface area contributed by atoms with Crippen LogP contribution >= 0.6 is 0 Å². The molecule has 4 nitrogen and oxygen atoms in total. The summed E-state index contributed by atoms with van der Waals surface area (Å²) >= 11 is 0. The van der Waals surface area contributed by atoms with Gasteiger partial charge in [-0.05, 0) is 48.7 Å². The molecule has 0 aliphatic heterocycles. The Bertz CT molecular complexity index is 624. The molecule has 0 aliphatic rings. The van der Waals surface area contributed by atoms with E-state index < -0.39 is 0 Å². The number of nitrogens with zero attached hydrogens (tertiary/aromatic N) is 1. The average molecular weight is 286 g/mol. The van der Waals surface area contributed by atoms with Crippen LogP contribution in [0.3, 0.4) is 0 Å². The Balaban J connectivity index is 2.25. The van der Waals surface area contributed by atoms with Crippen molar-refractivity contribution < 1.29 is 9.84 Å². The van der Waals surface area contributed by atoms with Crippen molar-refractivity contribution in [3.05, 3.63) is 53.1 Å². The number of hydrogen-bond acceptors (Lipinski definition) is 4. The second kappa shape index (κ2) is 6.50. The summed E-state index contributed by atoms with van der Waals surface area (Å²) in [6.07, 6.45) is 0.807. The normalized spacial score (nSPS) is 10.5. The molecule has 0 bridgehead atoms. The van der Waals surface area contributed by atoms with Crippen LogP contribution in [-0.2, 0) is 13.0 Å². The zero-order chi connectivity index (χ0) is 15.4. The number of hydrazine groups is 1. The minimum atomic E-state index is 0.262. The maximum absolute atomic E-state index is 9.54. The van der Waals surface area contributed by atoms with E-state index in [-0.39, 0.29) is 5.75 Å². The summed E-state index contributed by atoms with van der Waals surface area (Å²) in [4.78, 5) is 0. The molecule has 3 N–H and O–H groups in total. The van der Waals surface area contributed by atoms with Crippen molar-refractivity contribution in [1.82, 2.24) is 0 Å². The lowest BCUT2D eigenvalue weighted by molar-refractivity contribution is 0.302. The molecule has 0 unspecified atom stereocenters. The van der Waals surface area contributed by atoms with Gasteiger partial charge in [-0.2, -0.15) is 0 Å².